The Morgan fingerprint density at radius 2 is 1.77 bits per heavy atom. The molecule has 0 spiro atoms. The van der Waals surface area contributed by atoms with Crippen molar-refractivity contribution in [3.8, 4) is 11.1 Å². The van der Waals surface area contributed by atoms with Gasteiger partial charge in [-0.2, -0.15) is 0 Å². The number of nitrogens with zero attached hydrogens (tertiary/aromatic N) is 1. The number of aromatic nitrogens is 1. The highest BCUT2D eigenvalue weighted by Crippen LogP contribution is 2.35. The molecule has 3 rings (SSSR count). The molecule has 2 aromatic carbocycles. The zero-order chi connectivity index (χ0) is 18.9. The van der Waals surface area contributed by atoms with Gasteiger partial charge in [0.1, 0.15) is 11.6 Å². The largest absolute Gasteiger partial charge is 0.395 e. The summed E-state index contributed by atoms with van der Waals surface area (Å²) < 4.78 is 14.9. The molecule has 0 radical (unpaired) electrons. The summed E-state index contributed by atoms with van der Waals surface area (Å²) in [4.78, 5) is 15.9. The molecule has 0 aliphatic heterocycles. The van der Waals surface area contributed by atoms with Crippen molar-refractivity contribution in [2.75, 3.05) is 11.5 Å². The second-order valence-corrected chi connectivity index (χ2v) is 5.79. The van der Waals surface area contributed by atoms with Crippen LogP contribution in [0.5, 0.6) is 0 Å². The molecular formula is C19H17FN4O2. The van der Waals surface area contributed by atoms with Gasteiger partial charge >= 0.3 is 0 Å². The molecule has 3 aromatic rings. The van der Waals surface area contributed by atoms with Gasteiger partial charge in [-0.3, -0.25) is 4.79 Å². The molecule has 1 atom stereocenters. The molecule has 1 unspecified atom stereocenters. The monoisotopic (exact) mass is 352 g/mol. The summed E-state index contributed by atoms with van der Waals surface area (Å²) in [5, 5.41) is 10.9. The topological polar surface area (TPSA) is 128 Å². The second kappa shape index (κ2) is 6.45. The number of aliphatic hydroxyl groups is 1. The number of pyridine rings is 1. The van der Waals surface area contributed by atoms with Crippen molar-refractivity contribution in [3.63, 3.8) is 0 Å². The third-order valence-electron chi connectivity index (χ3n) is 4.24. The number of nitrogen functional groups attached to an aromatic ring is 2. The van der Waals surface area contributed by atoms with E-state index in [1.807, 2.05) is 0 Å². The molecule has 0 fully saturated rings. The number of hydrogen-bond donors (Lipinski definition) is 4. The molecule has 0 saturated carbocycles. The molecule has 1 heterocycles. The lowest BCUT2D eigenvalue weighted by Crippen LogP contribution is -2.42. The van der Waals surface area contributed by atoms with Crippen LogP contribution in [-0.2, 0) is 10.4 Å². The first kappa shape index (κ1) is 17.4. The Kier molecular flexibility index (Phi) is 4.31. The smallest absolute Gasteiger partial charge is 0.258 e. The summed E-state index contributed by atoms with van der Waals surface area (Å²) in [7, 11) is 0. The van der Waals surface area contributed by atoms with Crippen LogP contribution in [-0.4, -0.2) is 16.0 Å². The number of carbonyl (C=O) groups is 1. The summed E-state index contributed by atoms with van der Waals surface area (Å²) in [6.07, 6.45) is 1.45. The Morgan fingerprint density at radius 1 is 1.08 bits per heavy atom. The first-order valence-corrected chi connectivity index (χ1v) is 7.74. The number of anilines is 2. The van der Waals surface area contributed by atoms with Crippen molar-refractivity contribution in [1.29, 1.82) is 0 Å². The van der Waals surface area contributed by atoms with E-state index < -0.39 is 17.3 Å². The summed E-state index contributed by atoms with van der Waals surface area (Å²) >= 11 is 0. The van der Waals surface area contributed by atoms with Crippen LogP contribution in [0.4, 0.5) is 15.9 Å². The van der Waals surface area contributed by atoms with Crippen LogP contribution in [0.3, 0.4) is 0 Å². The Balaban J connectivity index is 2.15. The number of amides is 1. The van der Waals surface area contributed by atoms with Crippen molar-refractivity contribution in [2.24, 2.45) is 5.73 Å². The van der Waals surface area contributed by atoms with Crippen molar-refractivity contribution in [3.05, 3.63) is 77.7 Å². The fraction of sp³-hybridized carbons (Fsp3) is 0.0526. The van der Waals surface area contributed by atoms with E-state index in [2.05, 4.69) is 4.98 Å². The fourth-order valence-electron chi connectivity index (χ4n) is 2.83. The van der Waals surface area contributed by atoms with E-state index >= 15 is 0 Å². The average Bonchev–Trinajstić information content (AvgIpc) is 2.64. The summed E-state index contributed by atoms with van der Waals surface area (Å²) in [5.74, 6) is -1.75. The van der Waals surface area contributed by atoms with Gasteiger partial charge in [-0.05, 0) is 23.3 Å². The van der Waals surface area contributed by atoms with Gasteiger partial charge in [-0.1, -0.05) is 42.5 Å². The van der Waals surface area contributed by atoms with E-state index in [-0.39, 0.29) is 22.6 Å². The van der Waals surface area contributed by atoms with Crippen molar-refractivity contribution >= 4 is 17.4 Å². The number of carbonyl (C=O) groups excluding carboxylic acids is 1. The Morgan fingerprint density at radius 3 is 2.38 bits per heavy atom. The number of benzene rings is 2. The third-order valence-corrected chi connectivity index (χ3v) is 4.24. The van der Waals surface area contributed by atoms with Crippen molar-refractivity contribution in [1.82, 2.24) is 4.98 Å². The average molecular weight is 352 g/mol. The first-order chi connectivity index (χ1) is 12.4. The van der Waals surface area contributed by atoms with Crippen LogP contribution in [0.25, 0.3) is 11.1 Å². The van der Waals surface area contributed by atoms with Gasteiger partial charge in [0.2, 0.25) is 0 Å². The quantitative estimate of drug-likeness (QED) is 0.569. The molecular weight excluding hydrogens is 335 g/mol. The number of rotatable bonds is 4. The maximum Gasteiger partial charge on any atom is 0.258 e. The number of halogens is 1. The van der Waals surface area contributed by atoms with Gasteiger partial charge < -0.3 is 22.3 Å². The predicted molar refractivity (Wildman–Crippen MR) is 97.1 cm³/mol. The maximum absolute atomic E-state index is 14.9. The highest BCUT2D eigenvalue weighted by atomic mass is 19.1. The van der Waals surface area contributed by atoms with Crippen LogP contribution in [0.15, 0.2) is 60.8 Å². The lowest BCUT2D eigenvalue weighted by molar-refractivity contribution is -0.133. The molecule has 7 heteroatoms. The van der Waals surface area contributed by atoms with Crippen LogP contribution < -0.4 is 17.2 Å². The summed E-state index contributed by atoms with van der Waals surface area (Å²) in [6, 6.07) is 13.5. The van der Waals surface area contributed by atoms with E-state index in [9.17, 15) is 14.3 Å². The lowest BCUT2D eigenvalue weighted by atomic mass is 9.84. The van der Waals surface area contributed by atoms with E-state index in [1.54, 1.807) is 24.3 Å². The number of primary amides is 1. The zero-order valence-electron chi connectivity index (χ0n) is 13.7. The van der Waals surface area contributed by atoms with Gasteiger partial charge in [-0.15, -0.1) is 0 Å². The highest BCUT2D eigenvalue weighted by molar-refractivity contribution is 5.89. The van der Waals surface area contributed by atoms with Gasteiger partial charge in [-0.25, -0.2) is 9.37 Å². The van der Waals surface area contributed by atoms with E-state index in [1.165, 1.54) is 30.5 Å². The molecule has 0 aliphatic rings. The normalized spacial score (nSPS) is 13.2. The van der Waals surface area contributed by atoms with Crippen LogP contribution >= 0.6 is 0 Å². The second-order valence-electron chi connectivity index (χ2n) is 5.79. The van der Waals surface area contributed by atoms with Crippen molar-refractivity contribution < 1.29 is 14.3 Å². The summed E-state index contributed by atoms with van der Waals surface area (Å²) in [6.45, 7) is 0. The maximum atomic E-state index is 14.9. The molecule has 26 heavy (non-hydrogen) atoms. The minimum absolute atomic E-state index is 0.130. The first-order valence-electron chi connectivity index (χ1n) is 7.74. The number of nitrogens with two attached hydrogens (primary N) is 3. The molecule has 0 saturated heterocycles. The molecule has 0 bridgehead atoms. The van der Waals surface area contributed by atoms with Crippen LogP contribution in [0.1, 0.15) is 11.1 Å². The molecule has 6 nitrogen and oxygen atoms in total. The zero-order valence-corrected chi connectivity index (χ0v) is 13.7. The molecule has 7 N–H and O–H groups in total. The Labute approximate surface area is 149 Å². The van der Waals surface area contributed by atoms with Gasteiger partial charge in [0.15, 0.2) is 5.60 Å². The Hall–Kier alpha value is -3.45. The number of hydrogen-bond acceptors (Lipinski definition) is 5. The van der Waals surface area contributed by atoms with Gasteiger partial charge in [0, 0.05) is 17.3 Å². The molecule has 0 aliphatic carbocycles. The molecule has 1 amide bonds. The predicted octanol–water partition coefficient (Wildman–Crippen LogP) is 1.77. The van der Waals surface area contributed by atoms with Gasteiger partial charge in [0.25, 0.3) is 5.91 Å². The van der Waals surface area contributed by atoms with Gasteiger partial charge in [0.05, 0.1) is 5.69 Å². The van der Waals surface area contributed by atoms with Crippen molar-refractivity contribution in [2.45, 2.75) is 5.60 Å². The van der Waals surface area contributed by atoms with E-state index in [0.29, 0.717) is 11.1 Å². The third kappa shape index (κ3) is 2.74. The van der Waals surface area contributed by atoms with Crippen LogP contribution in [0.2, 0.25) is 0 Å². The summed E-state index contributed by atoms with van der Waals surface area (Å²) in [5.41, 5.74) is 15.7. The van der Waals surface area contributed by atoms with Crippen LogP contribution in [0, 0.1) is 5.82 Å². The molecule has 132 valence electrons. The SMILES string of the molecule is NC(=O)C(O)(c1ccccc1)c1ccc(-c2ccnc(N)c2N)cc1F. The highest BCUT2D eigenvalue weighted by Gasteiger charge is 2.40. The molecule has 1 aromatic heterocycles. The minimum atomic E-state index is -2.30. The fourth-order valence-corrected chi connectivity index (χ4v) is 2.83. The lowest BCUT2D eigenvalue weighted by Gasteiger charge is -2.26. The van der Waals surface area contributed by atoms with E-state index in [4.69, 9.17) is 17.2 Å². The standard InChI is InChI=1S/C19H17FN4O2/c20-15-10-11(13-8-9-24-17(22)16(13)21)6-7-14(15)19(26,18(23)25)12-4-2-1-3-5-12/h1-10,26H,21H2,(H2,22,24)(H2,23,25). The minimum Gasteiger partial charge on any atom is -0.395 e. The van der Waals surface area contributed by atoms with E-state index in [0.717, 1.165) is 6.07 Å². The Bertz CT molecular complexity index is 979.